The van der Waals surface area contributed by atoms with Crippen molar-refractivity contribution in [3.63, 3.8) is 0 Å². The van der Waals surface area contributed by atoms with Gasteiger partial charge in [-0.3, -0.25) is 0 Å². The Hall–Kier alpha value is -0.850. The summed E-state index contributed by atoms with van der Waals surface area (Å²) in [7, 11) is 0. The lowest BCUT2D eigenvalue weighted by Crippen LogP contribution is -2.46. The zero-order valence-electron chi connectivity index (χ0n) is 9.72. The minimum atomic E-state index is -1.09. The van der Waals surface area contributed by atoms with E-state index in [4.69, 9.17) is 14.6 Å². The van der Waals surface area contributed by atoms with Gasteiger partial charge in [0.25, 0.3) is 0 Å². The van der Waals surface area contributed by atoms with Gasteiger partial charge >= 0.3 is 6.09 Å². The van der Waals surface area contributed by atoms with Gasteiger partial charge in [0.2, 0.25) is 0 Å². The number of nitrogens with one attached hydrogen (secondary N) is 1. The van der Waals surface area contributed by atoms with Crippen LogP contribution in [0, 0.1) is 5.92 Å². The molecule has 1 aliphatic carbocycles. The van der Waals surface area contributed by atoms with E-state index in [-0.39, 0.29) is 18.6 Å². The smallest absolute Gasteiger partial charge is 0.404 e. The van der Waals surface area contributed by atoms with E-state index in [9.17, 15) is 9.90 Å². The Morgan fingerprint density at radius 1 is 1.35 bits per heavy atom. The third kappa shape index (κ3) is 2.88. The maximum Gasteiger partial charge on any atom is 0.404 e. The van der Waals surface area contributed by atoms with Gasteiger partial charge in [-0.25, -0.2) is 4.79 Å². The molecule has 0 aromatic rings. The van der Waals surface area contributed by atoms with E-state index in [2.05, 4.69) is 5.32 Å². The molecule has 0 bridgehead atoms. The molecule has 0 aromatic carbocycles. The van der Waals surface area contributed by atoms with Crippen LogP contribution in [0.1, 0.15) is 25.7 Å². The van der Waals surface area contributed by atoms with E-state index < -0.39 is 11.9 Å². The van der Waals surface area contributed by atoms with E-state index in [1.165, 1.54) is 0 Å². The third-order valence-electron chi connectivity index (χ3n) is 3.68. The van der Waals surface area contributed by atoms with Crippen LogP contribution in [-0.4, -0.2) is 48.0 Å². The molecule has 1 heterocycles. The van der Waals surface area contributed by atoms with Gasteiger partial charge in [0, 0.05) is 12.8 Å². The normalized spacial score (nSPS) is 25.9. The van der Waals surface area contributed by atoms with Crippen molar-refractivity contribution >= 4 is 6.09 Å². The predicted octanol–water partition coefficient (Wildman–Crippen LogP) is 0.548. The summed E-state index contributed by atoms with van der Waals surface area (Å²) in [4.78, 5) is 10.6. The van der Waals surface area contributed by atoms with Crippen molar-refractivity contribution in [2.24, 2.45) is 5.92 Å². The molecule has 1 saturated carbocycles. The Morgan fingerprint density at radius 2 is 1.94 bits per heavy atom. The van der Waals surface area contributed by atoms with E-state index in [0.717, 1.165) is 25.7 Å². The quantitative estimate of drug-likeness (QED) is 0.675. The van der Waals surface area contributed by atoms with Crippen LogP contribution >= 0.6 is 0 Å². The SMILES string of the molecule is O=C(O)NC(CO)C1CCC2(CC1)OCCO2. The lowest BCUT2D eigenvalue weighted by atomic mass is 9.81. The molecule has 17 heavy (non-hydrogen) atoms. The number of ether oxygens (including phenoxy) is 2. The fourth-order valence-corrected chi connectivity index (χ4v) is 2.74. The zero-order chi connectivity index (χ0) is 12.3. The molecule has 0 aromatic heterocycles. The van der Waals surface area contributed by atoms with Gasteiger partial charge in [-0.05, 0) is 18.8 Å². The molecule has 2 fully saturated rings. The molecule has 1 aliphatic heterocycles. The van der Waals surface area contributed by atoms with Crippen molar-refractivity contribution in [3.05, 3.63) is 0 Å². The van der Waals surface area contributed by atoms with E-state index in [1.807, 2.05) is 0 Å². The summed E-state index contributed by atoms with van der Waals surface area (Å²) in [6, 6.07) is -0.383. The molecule has 1 spiro atoms. The Bertz CT molecular complexity index is 267. The molecule has 2 rings (SSSR count). The minimum Gasteiger partial charge on any atom is -0.465 e. The van der Waals surface area contributed by atoms with Crippen molar-refractivity contribution in [3.8, 4) is 0 Å². The number of hydrogen-bond acceptors (Lipinski definition) is 4. The fraction of sp³-hybridized carbons (Fsp3) is 0.909. The van der Waals surface area contributed by atoms with Gasteiger partial charge in [-0.15, -0.1) is 0 Å². The molecule has 1 amide bonds. The largest absolute Gasteiger partial charge is 0.465 e. The standard InChI is InChI=1S/C11H19NO5/c13-7-9(12-10(14)15)8-1-3-11(4-2-8)16-5-6-17-11/h8-9,12-13H,1-7H2,(H,14,15). The average Bonchev–Trinajstić information content (AvgIpc) is 2.76. The van der Waals surface area contributed by atoms with E-state index >= 15 is 0 Å². The zero-order valence-corrected chi connectivity index (χ0v) is 9.72. The molecule has 2 aliphatic rings. The van der Waals surface area contributed by atoms with E-state index in [0.29, 0.717) is 13.2 Å². The second-order valence-electron chi connectivity index (χ2n) is 4.68. The van der Waals surface area contributed by atoms with Gasteiger partial charge in [-0.1, -0.05) is 0 Å². The second kappa shape index (κ2) is 5.20. The fourth-order valence-electron chi connectivity index (χ4n) is 2.74. The highest BCUT2D eigenvalue weighted by molar-refractivity contribution is 5.64. The Morgan fingerprint density at radius 3 is 2.41 bits per heavy atom. The van der Waals surface area contributed by atoms with Crippen LogP contribution in [0.25, 0.3) is 0 Å². The monoisotopic (exact) mass is 245 g/mol. The summed E-state index contributed by atoms with van der Waals surface area (Å²) < 4.78 is 11.2. The first-order valence-electron chi connectivity index (χ1n) is 6.03. The summed E-state index contributed by atoms with van der Waals surface area (Å²) in [6.45, 7) is 1.12. The highest BCUT2D eigenvalue weighted by Gasteiger charge is 2.42. The first-order chi connectivity index (χ1) is 8.15. The third-order valence-corrected chi connectivity index (χ3v) is 3.68. The topological polar surface area (TPSA) is 88.0 Å². The Labute approximate surface area is 99.9 Å². The molecule has 1 atom stereocenters. The van der Waals surface area contributed by atoms with Crippen molar-refractivity contribution in [2.45, 2.75) is 37.5 Å². The summed E-state index contributed by atoms with van der Waals surface area (Å²) in [5.74, 6) is -0.269. The molecule has 1 unspecified atom stereocenters. The first kappa shape index (κ1) is 12.6. The minimum absolute atomic E-state index is 0.161. The number of amides is 1. The first-order valence-corrected chi connectivity index (χ1v) is 6.03. The Kier molecular flexibility index (Phi) is 3.86. The lowest BCUT2D eigenvalue weighted by Gasteiger charge is -2.37. The maximum atomic E-state index is 10.6. The van der Waals surface area contributed by atoms with Crippen LogP contribution in [0.15, 0.2) is 0 Å². The van der Waals surface area contributed by atoms with Crippen LogP contribution in [0.2, 0.25) is 0 Å². The molecular formula is C11H19NO5. The van der Waals surface area contributed by atoms with Crippen molar-refractivity contribution in [1.82, 2.24) is 5.32 Å². The number of aliphatic hydroxyl groups is 1. The highest BCUT2D eigenvalue weighted by Crippen LogP contribution is 2.39. The summed E-state index contributed by atoms with van der Waals surface area (Å²) in [6.07, 6.45) is 2.08. The molecule has 98 valence electrons. The molecule has 6 heteroatoms. The molecule has 3 N–H and O–H groups in total. The van der Waals surface area contributed by atoms with Crippen LogP contribution in [0.5, 0.6) is 0 Å². The van der Waals surface area contributed by atoms with Gasteiger partial charge in [-0.2, -0.15) is 0 Å². The van der Waals surface area contributed by atoms with Gasteiger partial charge in [0.1, 0.15) is 0 Å². The lowest BCUT2D eigenvalue weighted by molar-refractivity contribution is -0.184. The van der Waals surface area contributed by atoms with Gasteiger partial charge in [0.15, 0.2) is 5.79 Å². The van der Waals surface area contributed by atoms with Crippen molar-refractivity contribution in [1.29, 1.82) is 0 Å². The maximum absolute atomic E-state index is 10.6. The number of hydrogen-bond donors (Lipinski definition) is 3. The number of aliphatic hydroxyl groups excluding tert-OH is 1. The van der Waals surface area contributed by atoms with Crippen LogP contribution in [0.3, 0.4) is 0 Å². The van der Waals surface area contributed by atoms with Crippen LogP contribution in [0.4, 0.5) is 4.79 Å². The predicted molar refractivity (Wildman–Crippen MR) is 58.6 cm³/mol. The van der Waals surface area contributed by atoms with Gasteiger partial charge in [0.05, 0.1) is 25.9 Å². The van der Waals surface area contributed by atoms with Crippen LogP contribution in [-0.2, 0) is 9.47 Å². The molecule has 0 radical (unpaired) electrons. The number of carbonyl (C=O) groups is 1. The molecular weight excluding hydrogens is 226 g/mol. The Balaban J connectivity index is 1.86. The van der Waals surface area contributed by atoms with Crippen LogP contribution < -0.4 is 5.32 Å². The summed E-state index contributed by atoms with van der Waals surface area (Å²) >= 11 is 0. The summed E-state index contributed by atoms with van der Waals surface area (Å²) in [5, 5.41) is 20.2. The van der Waals surface area contributed by atoms with Crippen molar-refractivity contribution < 1.29 is 24.5 Å². The second-order valence-corrected chi connectivity index (χ2v) is 4.68. The molecule has 6 nitrogen and oxygen atoms in total. The summed E-state index contributed by atoms with van der Waals surface area (Å²) in [5.41, 5.74) is 0. The number of rotatable bonds is 3. The van der Waals surface area contributed by atoms with E-state index in [1.54, 1.807) is 0 Å². The van der Waals surface area contributed by atoms with Crippen molar-refractivity contribution in [2.75, 3.05) is 19.8 Å². The number of carboxylic acid groups (broad SMARTS) is 1. The molecule has 1 saturated heterocycles. The van der Waals surface area contributed by atoms with Gasteiger partial charge < -0.3 is 25.0 Å². The average molecular weight is 245 g/mol. The highest BCUT2D eigenvalue weighted by atomic mass is 16.7.